The van der Waals surface area contributed by atoms with Crippen molar-refractivity contribution >= 4 is 40.6 Å². The van der Waals surface area contributed by atoms with Crippen molar-refractivity contribution in [2.45, 2.75) is 50.9 Å². The first kappa shape index (κ1) is 26.9. The zero-order chi connectivity index (χ0) is 28.1. The first-order valence-corrected chi connectivity index (χ1v) is 12.8. The van der Waals surface area contributed by atoms with Gasteiger partial charge in [-0.15, -0.1) is 0 Å². The Labute approximate surface area is 226 Å². The topological polar surface area (TPSA) is 93.5 Å². The molecule has 2 aliphatic heterocycles. The van der Waals surface area contributed by atoms with Crippen LogP contribution in [0, 0.1) is 34.9 Å². The lowest BCUT2D eigenvalue weighted by Crippen LogP contribution is -2.57. The van der Waals surface area contributed by atoms with Gasteiger partial charge in [-0.25, -0.2) is 4.39 Å². The predicted molar refractivity (Wildman–Crippen MR) is 133 cm³/mol. The van der Waals surface area contributed by atoms with Gasteiger partial charge in [-0.3, -0.25) is 29.7 Å². The van der Waals surface area contributed by atoms with Crippen LogP contribution in [0.25, 0.3) is 0 Å². The van der Waals surface area contributed by atoms with Gasteiger partial charge < -0.3 is 0 Å². The number of ketones is 1. The van der Waals surface area contributed by atoms with E-state index in [1.165, 1.54) is 6.07 Å². The summed E-state index contributed by atoms with van der Waals surface area (Å²) in [4.78, 5) is 41.9. The summed E-state index contributed by atoms with van der Waals surface area (Å²) in [7, 11) is 0. The van der Waals surface area contributed by atoms with Gasteiger partial charge in [-0.05, 0) is 49.1 Å². The van der Waals surface area contributed by atoms with Crippen LogP contribution in [0.4, 0.5) is 28.9 Å². The molecule has 0 spiro atoms. The molecular weight excluding hydrogens is 540 g/mol. The van der Waals surface area contributed by atoms with E-state index in [2.05, 4.69) is 5.43 Å². The summed E-state index contributed by atoms with van der Waals surface area (Å²) in [6.07, 6.45) is -6.44. The predicted octanol–water partition coefficient (Wildman–Crippen LogP) is 5.38. The number of alkyl halides is 3. The minimum atomic E-state index is -4.53. The van der Waals surface area contributed by atoms with Crippen LogP contribution in [0.3, 0.4) is 0 Å². The fourth-order valence-corrected chi connectivity index (χ4v) is 5.60. The molecule has 2 aromatic carbocycles. The summed E-state index contributed by atoms with van der Waals surface area (Å²) in [5.41, 5.74) is 3.57. The minimum Gasteiger partial charge on any atom is -0.296 e. The molecule has 5 rings (SSSR count). The number of Topliss-reactive ketones (excluding diaryl/α,β-unsaturated/α-hetero) is 1. The highest BCUT2D eigenvalue weighted by molar-refractivity contribution is 6.32. The molecule has 2 aromatic rings. The number of hydrogen-bond acceptors (Lipinski definition) is 6. The van der Waals surface area contributed by atoms with Crippen LogP contribution in [0.15, 0.2) is 36.4 Å². The number of likely N-dealkylation sites (tertiary alicyclic amines) is 1. The van der Waals surface area contributed by atoms with Crippen LogP contribution in [-0.4, -0.2) is 34.8 Å². The molecule has 12 heteroatoms. The van der Waals surface area contributed by atoms with Crippen molar-refractivity contribution < 1.29 is 31.9 Å². The molecule has 1 saturated carbocycles. The SMILES string of the molecule is N#Cc1cc(F)cc(N2Nc3cccc(Cl)c3CC(=O)[C@H]2N2C(=O)[C@@H](CC3CC3)[C@@H](CCC(F)(F)F)C2=O)c1. The molecule has 1 N–H and O–H groups in total. The second-order valence-electron chi connectivity index (χ2n) is 10.2. The summed E-state index contributed by atoms with van der Waals surface area (Å²) in [6, 6.07) is 9.87. The number of benzene rings is 2. The summed E-state index contributed by atoms with van der Waals surface area (Å²) in [5, 5.41) is 10.7. The van der Waals surface area contributed by atoms with Crippen molar-refractivity contribution in [2.24, 2.45) is 17.8 Å². The molecule has 2 fully saturated rings. The van der Waals surface area contributed by atoms with E-state index in [1.807, 2.05) is 6.07 Å². The number of anilines is 2. The van der Waals surface area contributed by atoms with Crippen molar-refractivity contribution in [3.63, 3.8) is 0 Å². The Bertz CT molecular complexity index is 1390. The van der Waals surface area contributed by atoms with E-state index in [0.717, 1.165) is 34.9 Å². The van der Waals surface area contributed by atoms with Gasteiger partial charge in [0.2, 0.25) is 11.8 Å². The Morgan fingerprint density at radius 3 is 2.46 bits per heavy atom. The number of fused-ring (bicyclic) bond motifs is 1. The molecule has 0 bridgehead atoms. The van der Waals surface area contributed by atoms with Gasteiger partial charge in [0, 0.05) is 23.4 Å². The Hall–Kier alpha value is -3.65. The van der Waals surface area contributed by atoms with Gasteiger partial charge in [-0.1, -0.05) is 30.5 Å². The van der Waals surface area contributed by atoms with Gasteiger partial charge >= 0.3 is 6.18 Å². The number of carbonyl (C=O) groups excluding carboxylic acids is 3. The average molecular weight is 563 g/mol. The monoisotopic (exact) mass is 562 g/mol. The molecule has 0 unspecified atom stereocenters. The normalized spacial score (nSPS) is 23.4. The third kappa shape index (κ3) is 5.43. The van der Waals surface area contributed by atoms with Gasteiger partial charge in [0.25, 0.3) is 0 Å². The van der Waals surface area contributed by atoms with Crippen LogP contribution in [0.5, 0.6) is 0 Å². The number of nitrogens with zero attached hydrogens (tertiary/aromatic N) is 3. The Morgan fingerprint density at radius 2 is 1.79 bits per heavy atom. The third-order valence-electron chi connectivity index (χ3n) is 7.40. The van der Waals surface area contributed by atoms with Crippen LogP contribution in [0.2, 0.25) is 5.02 Å². The maximum absolute atomic E-state index is 14.5. The zero-order valence-corrected chi connectivity index (χ0v) is 21.2. The van der Waals surface area contributed by atoms with E-state index < -0.39 is 60.4 Å². The smallest absolute Gasteiger partial charge is 0.296 e. The molecule has 2 amide bonds. The number of imide groups is 1. The highest BCUT2D eigenvalue weighted by Crippen LogP contribution is 2.45. The van der Waals surface area contributed by atoms with Gasteiger partial charge in [0.15, 0.2) is 11.9 Å². The van der Waals surface area contributed by atoms with E-state index in [0.29, 0.717) is 11.3 Å². The number of hydrogen-bond donors (Lipinski definition) is 1. The van der Waals surface area contributed by atoms with Crippen LogP contribution in [0.1, 0.15) is 43.2 Å². The molecular formula is C27H23ClF4N4O3. The number of hydrazine groups is 1. The molecule has 2 heterocycles. The number of nitriles is 1. The third-order valence-corrected chi connectivity index (χ3v) is 7.75. The number of halogens is 5. The van der Waals surface area contributed by atoms with Crippen LogP contribution in [-0.2, 0) is 20.8 Å². The summed E-state index contributed by atoms with van der Waals surface area (Å²) >= 11 is 6.34. The fourth-order valence-electron chi connectivity index (χ4n) is 5.36. The average Bonchev–Trinajstić information content (AvgIpc) is 3.67. The van der Waals surface area contributed by atoms with Crippen molar-refractivity contribution in [2.75, 3.05) is 10.4 Å². The Morgan fingerprint density at radius 1 is 1.08 bits per heavy atom. The largest absolute Gasteiger partial charge is 0.389 e. The van der Waals surface area contributed by atoms with Gasteiger partial charge in [0.05, 0.1) is 34.8 Å². The maximum Gasteiger partial charge on any atom is 0.389 e. The first-order chi connectivity index (χ1) is 18.5. The lowest BCUT2D eigenvalue weighted by atomic mass is 9.86. The molecule has 0 aromatic heterocycles. The van der Waals surface area contributed by atoms with E-state index >= 15 is 0 Å². The van der Waals surface area contributed by atoms with E-state index in [9.17, 15) is 37.2 Å². The second-order valence-corrected chi connectivity index (χ2v) is 10.6. The zero-order valence-electron chi connectivity index (χ0n) is 20.5. The molecule has 0 radical (unpaired) electrons. The highest BCUT2D eigenvalue weighted by Gasteiger charge is 2.55. The van der Waals surface area contributed by atoms with Crippen LogP contribution >= 0.6 is 11.6 Å². The fraction of sp³-hybridized carbons (Fsp3) is 0.407. The molecule has 3 atom stereocenters. The number of amides is 2. The lowest BCUT2D eigenvalue weighted by molar-refractivity contribution is -0.148. The standard InChI is InChI=1S/C27H23ClF4N4O3/c28-21-2-1-3-22-20(21)12-23(37)24(36(34-22)17-9-15(13-33)8-16(29)11-17)35-25(38)18(6-7-27(30,31)32)19(26(35)39)10-14-4-5-14/h1-3,8-9,11,14,18-19,24,34H,4-7,10,12H2/t18-,19+,24+/m1/s1. The van der Waals surface area contributed by atoms with Crippen molar-refractivity contribution in [1.29, 1.82) is 5.26 Å². The molecule has 3 aliphatic rings. The number of nitrogens with one attached hydrogen (secondary N) is 1. The molecule has 204 valence electrons. The number of carbonyl (C=O) groups is 3. The van der Waals surface area contributed by atoms with Crippen molar-refractivity contribution in [1.82, 2.24) is 4.90 Å². The second kappa shape index (κ2) is 10.2. The summed E-state index contributed by atoms with van der Waals surface area (Å²) < 4.78 is 53.9. The van der Waals surface area contributed by atoms with E-state index in [-0.39, 0.29) is 35.0 Å². The molecule has 39 heavy (non-hydrogen) atoms. The highest BCUT2D eigenvalue weighted by atomic mass is 35.5. The summed E-state index contributed by atoms with van der Waals surface area (Å²) in [6.45, 7) is 0. The van der Waals surface area contributed by atoms with E-state index in [1.54, 1.807) is 18.2 Å². The minimum absolute atomic E-state index is 0.0317. The summed E-state index contributed by atoms with van der Waals surface area (Å²) in [5.74, 6) is -5.19. The number of rotatable bonds is 6. The molecule has 1 saturated heterocycles. The van der Waals surface area contributed by atoms with Crippen molar-refractivity contribution in [3.05, 3.63) is 58.4 Å². The molecule has 1 aliphatic carbocycles. The first-order valence-electron chi connectivity index (χ1n) is 12.5. The maximum atomic E-state index is 14.5. The van der Waals surface area contributed by atoms with Gasteiger partial charge in [-0.2, -0.15) is 18.4 Å². The quantitative estimate of drug-likeness (QED) is 0.375. The van der Waals surface area contributed by atoms with Gasteiger partial charge in [0.1, 0.15) is 5.82 Å². The van der Waals surface area contributed by atoms with Crippen LogP contribution < -0.4 is 10.4 Å². The van der Waals surface area contributed by atoms with Crippen molar-refractivity contribution in [3.8, 4) is 6.07 Å². The Kier molecular flexibility index (Phi) is 7.01. The lowest BCUT2D eigenvalue weighted by Gasteiger charge is -2.36. The van der Waals surface area contributed by atoms with E-state index in [4.69, 9.17) is 11.6 Å². The Balaban J connectivity index is 1.60. The molecule has 7 nitrogen and oxygen atoms in total.